The Hall–Kier alpha value is -2.68. The van der Waals surface area contributed by atoms with Crippen molar-refractivity contribution in [1.82, 2.24) is 9.88 Å². The smallest absolute Gasteiger partial charge is 0.266 e. The number of nitrogens with zero attached hydrogens (tertiary/aromatic N) is 2. The van der Waals surface area contributed by atoms with E-state index in [0.717, 1.165) is 15.2 Å². The van der Waals surface area contributed by atoms with Gasteiger partial charge in [-0.3, -0.25) is 9.69 Å². The molecule has 0 N–H and O–H groups in total. The summed E-state index contributed by atoms with van der Waals surface area (Å²) in [4.78, 5) is 19.4. The van der Waals surface area contributed by atoms with Gasteiger partial charge in [-0.15, -0.1) is 11.3 Å². The Bertz CT molecular complexity index is 1190. The third-order valence-electron chi connectivity index (χ3n) is 4.17. The summed E-state index contributed by atoms with van der Waals surface area (Å²) in [5, 5.41) is 0.811. The summed E-state index contributed by atoms with van der Waals surface area (Å²) in [6.45, 7) is 0.324. The molecule has 28 heavy (non-hydrogen) atoms. The number of furan rings is 2. The van der Waals surface area contributed by atoms with Gasteiger partial charge in [0.25, 0.3) is 5.91 Å². The van der Waals surface area contributed by atoms with E-state index in [4.69, 9.17) is 21.1 Å². The average Bonchev–Trinajstić information content (AvgIpc) is 3.47. The van der Waals surface area contributed by atoms with Gasteiger partial charge in [0.05, 0.1) is 27.9 Å². The first-order valence-corrected chi connectivity index (χ1v) is 10.4. The number of aromatic nitrogens is 1. The molecule has 0 unspecified atom stereocenters. The molecule has 0 radical (unpaired) electrons. The van der Waals surface area contributed by atoms with Crippen LogP contribution < -0.4 is 0 Å². The second-order valence-electron chi connectivity index (χ2n) is 6.04. The van der Waals surface area contributed by atoms with Crippen LogP contribution in [0.2, 0.25) is 0 Å². The largest absolute Gasteiger partial charge is 0.467 e. The minimum absolute atomic E-state index is 0.149. The molecule has 8 heteroatoms. The molecule has 1 saturated heterocycles. The van der Waals surface area contributed by atoms with E-state index >= 15 is 0 Å². The van der Waals surface area contributed by atoms with E-state index in [2.05, 4.69) is 4.98 Å². The number of para-hydroxylation sites is 1. The van der Waals surface area contributed by atoms with Crippen LogP contribution in [0.3, 0.4) is 0 Å². The SMILES string of the molecule is O=C1C(=Cc2ccc(-c3nc4ccccc4s3)o2)SC(=S)N1Cc1ccco1. The second-order valence-corrected chi connectivity index (χ2v) is 8.74. The molecule has 138 valence electrons. The van der Waals surface area contributed by atoms with Gasteiger partial charge in [0, 0.05) is 6.08 Å². The van der Waals surface area contributed by atoms with E-state index in [-0.39, 0.29) is 5.91 Å². The zero-order valence-electron chi connectivity index (χ0n) is 14.3. The monoisotopic (exact) mass is 424 g/mol. The maximum atomic E-state index is 12.7. The molecule has 5 rings (SSSR count). The summed E-state index contributed by atoms with van der Waals surface area (Å²) < 4.78 is 12.8. The van der Waals surface area contributed by atoms with E-state index in [0.29, 0.717) is 33.1 Å². The predicted octanol–water partition coefficient (Wildman–Crippen LogP) is 5.55. The molecule has 1 amide bonds. The van der Waals surface area contributed by atoms with E-state index < -0.39 is 0 Å². The third kappa shape index (κ3) is 3.19. The number of amides is 1. The molecule has 0 bridgehead atoms. The molecule has 3 aromatic heterocycles. The van der Waals surface area contributed by atoms with Gasteiger partial charge in [-0.05, 0) is 36.4 Å². The van der Waals surface area contributed by atoms with Crippen molar-refractivity contribution in [1.29, 1.82) is 0 Å². The van der Waals surface area contributed by atoms with Crippen molar-refractivity contribution in [2.24, 2.45) is 0 Å². The summed E-state index contributed by atoms with van der Waals surface area (Å²) in [6.07, 6.45) is 3.30. The van der Waals surface area contributed by atoms with Crippen LogP contribution in [0.15, 0.2) is 68.5 Å². The van der Waals surface area contributed by atoms with Crippen molar-refractivity contribution < 1.29 is 13.6 Å². The van der Waals surface area contributed by atoms with E-state index in [1.54, 1.807) is 29.7 Å². The van der Waals surface area contributed by atoms with E-state index in [1.807, 2.05) is 42.5 Å². The number of benzene rings is 1. The molecule has 5 nitrogen and oxygen atoms in total. The van der Waals surface area contributed by atoms with Crippen molar-refractivity contribution in [3.05, 3.63) is 71.2 Å². The van der Waals surface area contributed by atoms with Gasteiger partial charge in [0.1, 0.15) is 15.8 Å². The Labute approximate surface area is 173 Å². The first kappa shape index (κ1) is 17.4. The van der Waals surface area contributed by atoms with Crippen LogP contribution >= 0.6 is 35.3 Å². The maximum Gasteiger partial charge on any atom is 0.266 e. The zero-order valence-corrected chi connectivity index (χ0v) is 16.8. The van der Waals surface area contributed by atoms with Gasteiger partial charge in [-0.2, -0.15) is 0 Å². The molecule has 0 spiro atoms. The van der Waals surface area contributed by atoms with Crippen molar-refractivity contribution in [2.75, 3.05) is 0 Å². The number of rotatable bonds is 4. The lowest BCUT2D eigenvalue weighted by Gasteiger charge is -2.11. The first-order valence-electron chi connectivity index (χ1n) is 8.41. The number of hydrogen-bond acceptors (Lipinski definition) is 7. The van der Waals surface area contributed by atoms with Crippen molar-refractivity contribution in [2.45, 2.75) is 6.54 Å². The summed E-state index contributed by atoms with van der Waals surface area (Å²) in [7, 11) is 0. The highest BCUT2D eigenvalue weighted by Crippen LogP contribution is 2.35. The molecule has 0 atom stereocenters. The highest BCUT2D eigenvalue weighted by atomic mass is 32.2. The van der Waals surface area contributed by atoms with Crippen LogP contribution in [-0.2, 0) is 11.3 Å². The number of thiocarbonyl (C=S) groups is 1. The number of carbonyl (C=O) groups is 1. The maximum absolute atomic E-state index is 12.7. The Kier molecular flexibility index (Phi) is 4.38. The molecule has 1 fully saturated rings. The molecule has 1 aromatic carbocycles. The van der Waals surface area contributed by atoms with E-state index in [9.17, 15) is 4.79 Å². The highest BCUT2D eigenvalue weighted by molar-refractivity contribution is 8.26. The minimum atomic E-state index is -0.149. The molecular formula is C20H12N2O3S3. The molecular weight excluding hydrogens is 412 g/mol. The number of thiazole rings is 1. The molecule has 1 aliphatic rings. The van der Waals surface area contributed by atoms with Crippen molar-refractivity contribution in [3.8, 4) is 10.8 Å². The normalized spacial score (nSPS) is 16.0. The molecule has 1 aliphatic heterocycles. The summed E-state index contributed by atoms with van der Waals surface area (Å²) in [5.41, 5.74) is 0.944. The van der Waals surface area contributed by atoms with Crippen LogP contribution in [-0.4, -0.2) is 20.1 Å². The fraction of sp³-hybridized carbons (Fsp3) is 0.0500. The van der Waals surface area contributed by atoms with Gasteiger partial charge in [-0.1, -0.05) is 36.1 Å². The van der Waals surface area contributed by atoms with E-state index in [1.165, 1.54) is 16.7 Å². The molecule has 4 aromatic rings. The summed E-state index contributed by atoms with van der Waals surface area (Å²) >= 11 is 8.18. The van der Waals surface area contributed by atoms with Crippen LogP contribution in [0.25, 0.3) is 27.1 Å². The number of thioether (sulfide) groups is 1. The third-order valence-corrected chi connectivity index (χ3v) is 6.60. The van der Waals surface area contributed by atoms with Crippen molar-refractivity contribution in [3.63, 3.8) is 0 Å². The zero-order chi connectivity index (χ0) is 19.1. The van der Waals surface area contributed by atoms with Gasteiger partial charge in [0.15, 0.2) is 10.8 Å². The van der Waals surface area contributed by atoms with Crippen LogP contribution in [0, 0.1) is 0 Å². The summed E-state index contributed by atoms with van der Waals surface area (Å²) in [5.74, 6) is 1.81. The number of hydrogen-bond donors (Lipinski definition) is 0. The van der Waals surface area contributed by atoms with Gasteiger partial charge in [-0.25, -0.2) is 4.98 Å². The lowest BCUT2D eigenvalue weighted by molar-refractivity contribution is -0.122. The van der Waals surface area contributed by atoms with Crippen LogP contribution in [0.4, 0.5) is 0 Å². The Morgan fingerprint density at radius 1 is 1.14 bits per heavy atom. The standard InChI is InChI=1S/C20H12N2O3S3/c23-19-17(28-20(26)22(19)11-13-4-3-9-24-13)10-12-7-8-15(25-12)18-21-14-5-1-2-6-16(14)27-18/h1-10H,11H2. The van der Waals surface area contributed by atoms with Gasteiger partial charge < -0.3 is 8.83 Å². The highest BCUT2D eigenvalue weighted by Gasteiger charge is 2.32. The first-order chi connectivity index (χ1) is 13.7. The predicted molar refractivity (Wildman–Crippen MR) is 115 cm³/mol. The fourth-order valence-electron chi connectivity index (χ4n) is 2.85. The van der Waals surface area contributed by atoms with Crippen LogP contribution in [0.1, 0.15) is 11.5 Å². The van der Waals surface area contributed by atoms with Crippen LogP contribution in [0.5, 0.6) is 0 Å². The van der Waals surface area contributed by atoms with Gasteiger partial charge >= 0.3 is 0 Å². The number of carbonyl (C=O) groups excluding carboxylic acids is 1. The number of fused-ring (bicyclic) bond motifs is 1. The quantitative estimate of drug-likeness (QED) is 0.316. The second kappa shape index (κ2) is 7.05. The molecule has 0 saturated carbocycles. The lowest BCUT2D eigenvalue weighted by atomic mass is 10.3. The molecule has 0 aliphatic carbocycles. The lowest BCUT2D eigenvalue weighted by Crippen LogP contribution is -2.27. The molecule has 4 heterocycles. The topological polar surface area (TPSA) is 59.5 Å². The Morgan fingerprint density at radius 2 is 2.04 bits per heavy atom. The van der Waals surface area contributed by atoms with Gasteiger partial charge in [0.2, 0.25) is 0 Å². The Balaban J connectivity index is 1.39. The summed E-state index contributed by atoms with van der Waals surface area (Å²) in [6, 6.07) is 15.3. The minimum Gasteiger partial charge on any atom is -0.467 e. The average molecular weight is 425 g/mol. The fourth-order valence-corrected chi connectivity index (χ4v) is 5.01. The Morgan fingerprint density at radius 3 is 2.86 bits per heavy atom. The van der Waals surface area contributed by atoms with Crippen molar-refractivity contribution >= 4 is 61.8 Å².